The summed E-state index contributed by atoms with van der Waals surface area (Å²) in [6.45, 7) is 0.453. The van der Waals surface area contributed by atoms with E-state index in [4.69, 9.17) is 17.0 Å². The van der Waals surface area contributed by atoms with Gasteiger partial charge in [-0.05, 0) is 41.8 Å². The molecule has 0 spiro atoms. The van der Waals surface area contributed by atoms with Crippen molar-refractivity contribution >= 4 is 34.2 Å². The van der Waals surface area contributed by atoms with Crippen molar-refractivity contribution in [2.45, 2.75) is 18.2 Å². The highest BCUT2D eigenvalue weighted by atomic mass is 32.2. The number of hydrogen-bond donors (Lipinski definition) is 0. The Bertz CT molecular complexity index is 747. The summed E-state index contributed by atoms with van der Waals surface area (Å²) in [6, 6.07) is 13.8. The number of hydrogen-bond acceptors (Lipinski definition) is 4. The van der Waals surface area contributed by atoms with E-state index in [0.29, 0.717) is 17.3 Å². The molecule has 1 aliphatic rings. The molecule has 3 nitrogen and oxygen atoms in total. The zero-order valence-electron chi connectivity index (χ0n) is 13.1. The van der Waals surface area contributed by atoms with Crippen LogP contribution >= 0.6 is 24.0 Å². The van der Waals surface area contributed by atoms with Gasteiger partial charge in [0.25, 0.3) is 0 Å². The summed E-state index contributed by atoms with van der Waals surface area (Å²) >= 11 is 6.76. The molecule has 0 N–H and O–H groups in total. The van der Waals surface area contributed by atoms with Gasteiger partial charge in [-0.15, -0.1) is 0 Å². The van der Waals surface area contributed by atoms with Crippen molar-refractivity contribution in [3.63, 3.8) is 0 Å². The van der Waals surface area contributed by atoms with Gasteiger partial charge in [0.05, 0.1) is 18.9 Å². The van der Waals surface area contributed by atoms with Gasteiger partial charge in [-0.3, -0.25) is 9.69 Å². The number of thiocarbonyl (C=S) groups is 1. The number of methoxy groups -OCH3 is 1. The van der Waals surface area contributed by atoms with Gasteiger partial charge in [0.1, 0.15) is 15.9 Å². The zero-order chi connectivity index (χ0) is 17.1. The van der Waals surface area contributed by atoms with Crippen LogP contribution in [0.2, 0.25) is 0 Å². The molecule has 1 saturated heterocycles. The van der Waals surface area contributed by atoms with Crippen LogP contribution in [-0.4, -0.2) is 27.5 Å². The first-order valence-electron chi connectivity index (χ1n) is 7.46. The molecular weight excluding hydrogens is 345 g/mol. The maximum atomic E-state index is 13.0. The zero-order valence-corrected chi connectivity index (χ0v) is 14.7. The highest BCUT2D eigenvalue weighted by molar-refractivity contribution is 8.24. The molecule has 124 valence electrons. The van der Waals surface area contributed by atoms with Gasteiger partial charge in [-0.2, -0.15) is 0 Å². The summed E-state index contributed by atoms with van der Waals surface area (Å²) in [5.41, 5.74) is 1.92. The number of nitrogens with zero attached hydrogens (tertiary/aromatic N) is 1. The monoisotopic (exact) mass is 361 g/mol. The molecule has 2 aromatic rings. The Morgan fingerprint density at radius 3 is 2.38 bits per heavy atom. The third kappa shape index (κ3) is 3.76. The number of thioether (sulfide) groups is 1. The Balaban J connectivity index is 1.67. The molecule has 0 aliphatic carbocycles. The van der Waals surface area contributed by atoms with Gasteiger partial charge in [0, 0.05) is 0 Å². The number of amides is 1. The van der Waals surface area contributed by atoms with Crippen LogP contribution in [0.25, 0.3) is 0 Å². The fraction of sp³-hybridized carbons (Fsp3) is 0.222. The number of halogens is 1. The molecule has 1 fully saturated rings. The molecule has 24 heavy (non-hydrogen) atoms. The first-order chi connectivity index (χ1) is 11.6. The van der Waals surface area contributed by atoms with E-state index < -0.39 is 0 Å². The van der Waals surface area contributed by atoms with Crippen molar-refractivity contribution in [1.82, 2.24) is 4.90 Å². The van der Waals surface area contributed by atoms with Gasteiger partial charge in [-0.1, -0.05) is 48.2 Å². The Morgan fingerprint density at radius 2 is 1.75 bits per heavy atom. The van der Waals surface area contributed by atoms with Crippen LogP contribution in [0.15, 0.2) is 48.5 Å². The molecule has 3 rings (SSSR count). The SMILES string of the molecule is COc1ccc(CN2C(=O)[C@H](Cc3ccc(F)cc3)SC2=S)cc1. The number of ether oxygens (including phenoxy) is 1. The lowest BCUT2D eigenvalue weighted by Gasteiger charge is -2.16. The van der Waals surface area contributed by atoms with E-state index in [9.17, 15) is 9.18 Å². The quantitative estimate of drug-likeness (QED) is 0.758. The van der Waals surface area contributed by atoms with E-state index in [1.807, 2.05) is 24.3 Å². The number of benzene rings is 2. The molecule has 1 amide bonds. The molecule has 0 radical (unpaired) electrons. The predicted octanol–water partition coefficient (Wildman–Crippen LogP) is 3.81. The van der Waals surface area contributed by atoms with Crippen LogP contribution in [0, 0.1) is 5.82 Å². The Kier molecular flexibility index (Phi) is 5.16. The Labute approximate surface area is 149 Å². The van der Waals surface area contributed by atoms with E-state index in [1.165, 1.54) is 23.9 Å². The van der Waals surface area contributed by atoms with Crippen molar-refractivity contribution in [1.29, 1.82) is 0 Å². The lowest BCUT2D eigenvalue weighted by atomic mass is 10.1. The second-order valence-corrected chi connectivity index (χ2v) is 7.31. The van der Waals surface area contributed by atoms with Gasteiger partial charge in [0.15, 0.2) is 0 Å². The lowest BCUT2D eigenvalue weighted by Crippen LogP contribution is -2.31. The number of rotatable bonds is 5. The van der Waals surface area contributed by atoms with Gasteiger partial charge >= 0.3 is 0 Å². The van der Waals surface area contributed by atoms with Crippen LogP contribution in [0.4, 0.5) is 4.39 Å². The summed E-state index contributed by atoms with van der Waals surface area (Å²) in [7, 11) is 1.62. The van der Waals surface area contributed by atoms with Crippen molar-refractivity contribution in [3.8, 4) is 5.75 Å². The van der Waals surface area contributed by atoms with Crippen LogP contribution < -0.4 is 4.74 Å². The van der Waals surface area contributed by atoms with E-state index >= 15 is 0 Å². The molecule has 2 aromatic carbocycles. The minimum absolute atomic E-state index is 0.00476. The Morgan fingerprint density at radius 1 is 1.12 bits per heavy atom. The third-order valence-corrected chi connectivity index (χ3v) is 5.42. The van der Waals surface area contributed by atoms with Crippen molar-refractivity contribution in [3.05, 3.63) is 65.5 Å². The summed E-state index contributed by atoms with van der Waals surface area (Å²) in [6.07, 6.45) is 0.545. The number of carbonyl (C=O) groups excluding carboxylic acids is 1. The molecule has 1 atom stereocenters. The molecular formula is C18H16FNO2S2. The van der Waals surface area contributed by atoms with Crippen molar-refractivity contribution < 1.29 is 13.9 Å². The first kappa shape index (κ1) is 16.9. The molecule has 0 unspecified atom stereocenters. The van der Waals surface area contributed by atoms with Crippen molar-refractivity contribution in [2.75, 3.05) is 7.11 Å². The average molecular weight is 361 g/mol. The molecule has 1 heterocycles. The maximum absolute atomic E-state index is 13.0. The van der Waals surface area contributed by atoms with Crippen LogP contribution in [0.3, 0.4) is 0 Å². The minimum atomic E-state index is -0.277. The molecule has 6 heteroatoms. The normalized spacial score (nSPS) is 17.4. The average Bonchev–Trinajstić information content (AvgIpc) is 2.85. The second-order valence-electron chi connectivity index (χ2n) is 5.48. The largest absolute Gasteiger partial charge is 0.497 e. The maximum Gasteiger partial charge on any atom is 0.242 e. The topological polar surface area (TPSA) is 29.5 Å². The van der Waals surface area contributed by atoms with Crippen molar-refractivity contribution in [2.24, 2.45) is 0 Å². The van der Waals surface area contributed by atoms with E-state index in [0.717, 1.165) is 16.9 Å². The van der Waals surface area contributed by atoms with E-state index in [1.54, 1.807) is 24.1 Å². The molecule has 1 aliphatic heterocycles. The summed E-state index contributed by atoms with van der Waals surface area (Å²) in [5, 5.41) is -0.249. The fourth-order valence-electron chi connectivity index (χ4n) is 2.52. The lowest BCUT2D eigenvalue weighted by molar-refractivity contribution is -0.126. The third-order valence-electron chi connectivity index (χ3n) is 3.84. The van der Waals surface area contributed by atoms with E-state index in [2.05, 4.69) is 0 Å². The van der Waals surface area contributed by atoms with Crippen LogP contribution in [0.1, 0.15) is 11.1 Å². The highest BCUT2D eigenvalue weighted by Gasteiger charge is 2.36. The van der Waals surface area contributed by atoms with Crippen LogP contribution in [-0.2, 0) is 17.8 Å². The standard InChI is InChI=1S/C18H16FNO2S2/c1-22-15-8-4-13(5-9-15)11-20-17(21)16(24-18(20)23)10-12-2-6-14(19)7-3-12/h2-9,16H,10-11H2,1H3/t16-/m0/s1. The molecule has 0 bridgehead atoms. The van der Waals surface area contributed by atoms with Crippen LogP contribution in [0.5, 0.6) is 5.75 Å². The second kappa shape index (κ2) is 7.32. The highest BCUT2D eigenvalue weighted by Crippen LogP contribution is 2.31. The fourth-order valence-corrected chi connectivity index (χ4v) is 4.05. The summed E-state index contributed by atoms with van der Waals surface area (Å²) < 4.78 is 18.7. The first-order valence-corrected chi connectivity index (χ1v) is 8.75. The number of carbonyl (C=O) groups is 1. The van der Waals surface area contributed by atoms with Gasteiger partial charge < -0.3 is 4.74 Å². The molecule has 0 saturated carbocycles. The van der Waals surface area contributed by atoms with E-state index in [-0.39, 0.29) is 17.0 Å². The molecule has 0 aromatic heterocycles. The minimum Gasteiger partial charge on any atom is -0.497 e. The smallest absolute Gasteiger partial charge is 0.242 e. The van der Waals surface area contributed by atoms with Gasteiger partial charge in [-0.25, -0.2) is 4.39 Å². The Hall–Kier alpha value is -1.92. The predicted molar refractivity (Wildman–Crippen MR) is 97.6 cm³/mol. The summed E-state index contributed by atoms with van der Waals surface area (Å²) in [4.78, 5) is 14.3. The van der Waals surface area contributed by atoms with Gasteiger partial charge in [0.2, 0.25) is 5.91 Å². The summed E-state index contributed by atoms with van der Waals surface area (Å²) in [5.74, 6) is 0.503.